The highest BCUT2D eigenvalue weighted by molar-refractivity contribution is 5.94. The summed E-state index contributed by atoms with van der Waals surface area (Å²) in [6.45, 7) is 4.55. The summed E-state index contributed by atoms with van der Waals surface area (Å²) in [6.07, 6.45) is 0. The Bertz CT molecular complexity index is 1090. The summed E-state index contributed by atoms with van der Waals surface area (Å²) in [5.41, 5.74) is 3.03. The summed E-state index contributed by atoms with van der Waals surface area (Å²) in [6, 6.07) is 20.0. The van der Waals surface area contributed by atoms with Gasteiger partial charge in [0.05, 0.1) is 12.8 Å². The molecule has 3 aromatic carbocycles. The van der Waals surface area contributed by atoms with Crippen molar-refractivity contribution in [1.29, 1.82) is 0 Å². The van der Waals surface area contributed by atoms with Crippen LogP contribution in [0.5, 0.6) is 11.5 Å². The minimum Gasteiger partial charge on any atom is -0.496 e. The van der Waals surface area contributed by atoms with Gasteiger partial charge >= 0.3 is 0 Å². The van der Waals surface area contributed by atoms with Crippen molar-refractivity contribution in [3.05, 3.63) is 89.2 Å². The van der Waals surface area contributed by atoms with Crippen molar-refractivity contribution in [1.82, 2.24) is 4.90 Å². The zero-order valence-electron chi connectivity index (χ0n) is 18.4. The first-order chi connectivity index (χ1) is 15.6. The molecule has 0 aromatic heterocycles. The van der Waals surface area contributed by atoms with Gasteiger partial charge in [-0.05, 0) is 48.9 Å². The number of carbonyl (C=O) groups is 1. The predicted molar refractivity (Wildman–Crippen MR) is 123 cm³/mol. The maximum absolute atomic E-state index is 14.1. The molecule has 0 N–H and O–H groups in total. The third-order valence-electron chi connectivity index (χ3n) is 5.76. The van der Waals surface area contributed by atoms with Crippen LogP contribution < -0.4 is 14.4 Å². The molecule has 0 radical (unpaired) electrons. The lowest BCUT2D eigenvalue weighted by molar-refractivity contribution is 0.0746. The van der Waals surface area contributed by atoms with Crippen LogP contribution in [0.25, 0.3) is 0 Å². The number of methoxy groups -OCH3 is 1. The number of amides is 1. The number of benzene rings is 3. The van der Waals surface area contributed by atoms with Crippen LogP contribution in [-0.4, -0.2) is 44.1 Å². The van der Waals surface area contributed by atoms with Gasteiger partial charge in [-0.1, -0.05) is 30.3 Å². The number of para-hydroxylation sites is 2. The summed E-state index contributed by atoms with van der Waals surface area (Å²) in [7, 11) is 1.61. The fourth-order valence-electron chi connectivity index (χ4n) is 3.94. The molecule has 1 amide bonds. The highest BCUT2D eigenvalue weighted by Gasteiger charge is 2.24. The molecule has 4 rings (SSSR count). The fourth-order valence-corrected chi connectivity index (χ4v) is 3.94. The van der Waals surface area contributed by atoms with E-state index < -0.39 is 0 Å². The highest BCUT2D eigenvalue weighted by Crippen LogP contribution is 2.25. The topological polar surface area (TPSA) is 42.0 Å². The van der Waals surface area contributed by atoms with Gasteiger partial charge in [-0.15, -0.1) is 0 Å². The van der Waals surface area contributed by atoms with E-state index in [4.69, 9.17) is 9.47 Å². The second-order valence-corrected chi connectivity index (χ2v) is 7.81. The number of ether oxygens (including phenoxy) is 2. The van der Waals surface area contributed by atoms with Crippen LogP contribution in [-0.2, 0) is 6.61 Å². The number of carbonyl (C=O) groups excluding carboxylic acids is 1. The zero-order chi connectivity index (χ0) is 22.5. The van der Waals surface area contributed by atoms with E-state index in [0.717, 1.165) is 16.9 Å². The van der Waals surface area contributed by atoms with E-state index in [1.54, 1.807) is 31.4 Å². The van der Waals surface area contributed by atoms with Crippen LogP contribution in [0.2, 0.25) is 0 Å². The second kappa shape index (κ2) is 9.73. The molecule has 1 heterocycles. The summed E-state index contributed by atoms with van der Waals surface area (Å²) in [5, 5.41) is 0. The molecule has 166 valence electrons. The van der Waals surface area contributed by atoms with Gasteiger partial charge in [0.1, 0.15) is 23.9 Å². The molecule has 3 aromatic rings. The number of hydrogen-bond acceptors (Lipinski definition) is 4. The number of nitrogens with zero attached hydrogens (tertiary/aromatic N) is 2. The molecule has 0 unspecified atom stereocenters. The Labute approximate surface area is 188 Å². The third-order valence-corrected chi connectivity index (χ3v) is 5.76. The average Bonchev–Trinajstić information content (AvgIpc) is 2.83. The lowest BCUT2D eigenvalue weighted by Gasteiger charge is -2.36. The second-order valence-electron chi connectivity index (χ2n) is 7.81. The first-order valence-electron chi connectivity index (χ1n) is 10.7. The van der Waals surface area contributed by atoms with E-state index >= 15 is 0 Å². The van der Waals surface area contributed by atoms with Crippen LogP contribution in [0.4, 0.5) is 10.1 Å². The van der Waals surface area contributed by atoms with Gasteiger partial charge in [-0.25, -0.2) is 4.39 Å². The van der Waals surface area contributed by atoms with Crippen LogP contribution in [0.15, 0.2) is 66.7 Å². The molecule has 0 bridgehead atoms. The zero-order valence-corrected chi connectivity index (χ0v) is 18.4. The van der Waals surface area contributed by atoms with Gasteiger partial charge < -0.3 is 19.3 Å². The number of anilines is 1. The minimum absolute atomic E-state index is 0.0435. The molecule has 1 fully saturated rings. The van der Waals surface area contributed by atoms with Crippen molar-refractivity contribution in [2.75, 3.05) is 38.2 Å². The quantitative estimate of drug-likeness (QED) is 0.565. The summed E-state index contributed by atoms with van der Waals surface area (Å²) in [5.74, 6) is 1.20. The van der Waals surface area contributed by atoms with Gasteiger partial charge in [0.2, 0.25) is 0 Å². The largest absolute Gasteiger partial charge is 0.496 e. The normalized spacial score (nSPS) is 13.7. The van der Waals surface area contributed by atoms with Gasteiger partial charge in [0.25, 0.3) is 5.91 Å². The van der Waals surface area contributed by atoms with E-state index in [0.29, 0.717) is 49.8 Å². The predicted octanol–water partition coefficient (Wildman–Crippen LogP) is 4.68. The molecular formula is C26H27FN2O3. The Morgan fingerprint density at radius 2 is 1.66 bits per heavy atom. The Morgan fingerprint density at radius 1 is 0.938 bits per heavy atom. The van der Waals surface area contributed by atoms with Gasteiger partial charge in [-0.2, -0.15) is 0 Å². The molecule has 1 saturated heterocycles. The summed E-state index contributed by atoms with van der Waals surface area (Å²) >= 11 is 0. The number of hydrogen-bond donors (Lipinski definition) is 0. The van der Waals surface area contributed by atoms with Crippen molar-refractivity contribution >= 4 is 11.6 Å². The van der Waals surface area contributed by atoms with Crippen LogP contribution in [0, 0.1) is 12.7 Å². The minimum atomic E-state index is -0.235. The molecule has 5 nitrogen and oxygen atoms in total. The van der Waals surface area contributed by atoms with E-state index in [2.05, 4.69) is 0 Å². The Balaban J connectivity index is 1.44. The Kier molecular flexibility index (Phi) is 6.59. The average molecular weight is 435 g/mol. The SMILES string of the molecule is COc1ccc(C(=O)N2CCN(c3ccccc3F)CC2)cc1COc1ccccc1C. The van der Waals surface area contributed by atoms with Crippen molar-refractivity contribution in [3.8, 4) is 11.5 Å². The Morgan fingerprint density at radius 3 is 2.38 bits per heavy atom. The number of halogens is 1. The molecule has 0 aliphatic carbocycles. The molecule has 0 saturated carbocycles. The third kappa shape index (κ3) is 4.69. The van der Waals surface area contributed by atoms with E-state index in [1.165, 1.54) is 6.07 Å². The van der Waals surface area contributed by atoms with Gasteiger partial charge in [0.15, 0.2) is 0 Å². The highest BCUT2D eigenvalue weighted by atomic mass is 19.1. The van der Waals surface area contributed by atoms with E-state index in [-0.39, 0.29) is 11.7 Å². The number of rotatable bonds is 6. The maximum atomic E-state index is 14.1. The van der Waals surface area contributed by atoms with Crippen molar-refractivity contribution in [2.45, 2.75) is 13.5 Å². The number of aryl methyl sites for hydroxylation is 1. The van der Waals surface area contributed by atoms with Crippen molar-refractivity contribution in [2.24, 2.45) is 0 Å². The van der Waals surface area contributed by atoms with Gasteiger partial charge in [-0.3, -0.25) is 4.79 Å². The summed E-state index contributed by atoms with van der Waals surface area (Å²) in [4.78, 5) is 16.9. The van der Waals surface area contributed by atoms with Crippen LogP contribution in [0.3, 0.4) is 0 Å². The summed E-state index contributed by atoms with van der Waals surface area (Å²) < 4.78 is 25.5. The molecular weight excluding hydrogens is 407 g/mol. The fraction of sp³-hybridized carbons (Fsp3) is 0.269. The first kappa shape index (κ1) is 21.7. The first-order valence-corrected chi connectivity index (χ1v) is 10.7. The van der Waals surface area contributed by atoms with E-state index in [9.17, 15) is 9.18 Å². The van der Waals surface area contributed by atoms with Gasteiger partial charge in [0, 0.05) is 37.3 Å². The number of piperazine rings is 1. The Hall–Kier alpha value is -3.54. The smallest absolute Gasteiger partial charge is 0.253 e. The molecule has 0 spiro atoms. The van der Waals surface area contributed by atoms with E-state index in [1.807, 2.05) is 53.1 Å². The molecule has 1 aliphatic rings. The lowest BCUT2D eigenvalue weighted by atomic mass is 10.1. The molecule has 0 atom stereocenters. The molecule has 32 heavy (non-hydrogen) atoms. The van der Waals surface area contributed by atoms with Crippen molar-refractivity contribution < 1.29 is 18.7 Å². The standard InChI is InChI=1S/C26H27FN2O3/c1-19-7-3-6-10-24(19)32-18-21-17-20(11-12-25(21)31-2)26(30)29-15-13-28(14-16-29)23-9-5-4-8-22(23)27/h3-12,17H,13-16,18H2,1-2H3. The lowest BCUT2D eigenvalue weighted by Crippen LogP contribution is -2.49. The van der Waals surface area contributed by atoms with Crippen LogP contribution in [0.1, 0.15) is 21.5 Å². The maximum Gasteiger partial charge on any atom is 0.253 e. The van der Waals surface area contributed by atoms with Crippen molar-refractivity contribution in [3.63, 3.8) is 0 Å². The monoisotopic (exact) mass is 434 g/mol. The van der Waals surface area contributed by atoms with Crippen LogP contribution >= 0.6 is 0 Å². The molecule has 1 aliphatic heterocycles. The molecule has 6 heteroatoms.